The van der Waals surface area contributed by atoms with Gasteiger partial charge in [0.1, 0.15) is 11.8 Å². The first kappa shape index (κ1) is 13.2. The molecule has 1 aromatic carbocycles. The summed E-state index contributed by atoms with van der Waals surface area (Å²) < 4.78 is 1.04. The van der Waals surface area contributed by atoms with Crippen LogP contribution in [0.4, 0.5) is 11.9 Å². The molecule has 0 spiro atoms. The lowest BCUT2D eigenvalue weighted by Gasteiger charge is -1.95. The van der Waals surface area contributed by atoms with Gasteiger partial charge >= 0.3 is 0 Å². The SMILES string of the molecule is N#Cc1c(-c2ccccc2)nc(N=Nc2ncc[nH]2)n1C#N. The van der Waals surface area contributed by atoms with Gasteiger partial charge < -0.3 is 4.98 Å². The van der Waals surface area contributed by atoms with Crippen molar-refractivity contribution in [2.75, 3.05) is 0 Å². The first-order valence-corrected chi connectivity index (χ1v) is 6.23. The van der Waals surface area contributed by atoms with Crippen LogP contribution in [-0.2, 0) is 0 Å². The van der Waals surface area contributed by atoms with Crippen LogP contribution >= 0.6 is 0 Å². The Bertz CT molecular complexity index is 891. The summed E-state index contributed by atoms with van der Waals surface area (Å²) >= 11 is 0. The summed E-state index contributed by atoms with van der Waals surface area (Å²) in [6, 6.07) is 11.1. The van der Waals surface area contributed by atoms with Crippen LogP contribution in [0.2, 0.25) is 0 Å². The molecule has 8 heteroatoms. The van der Waals surface area contributed by atoms with Crippen LogP contribution in [0.15, 0.2) is 53.0 Å². The fourth-order valence-corrected chi connectivity index (χ4v) is 1.87. The van der Waals surface area contributed by atoms with Crippen molar-refractivity contribution in [2.45, 2.75) is 0 Å². The van der Waals surface area contributed by atoms with Crippen LogP contribution in [0, 0.1) is 22.8 Å². The normalized spacial score (nSPS) is 10.5. The molecule has 104 valence electrons. The van der Waals surface area contributed by atoms with E-state index in [1.807, 2.05) is 30.5 Å². The van der Waals surface area contributed by atoms with Crippen LogP contribution in [-0.4, -0.2) is 19.5 Å². The van der Waals surface area contributed by atoms with E-state index in [2.05, 4.69) is 25.2 Å². The quantitative estimate of drug-likeness (QED) is 0.745. The summed E-state index contributed by atoms with van der Waals surface area (Å²) in [4.78, 5) is 10.9. The zero-order valence-corrected chi connectivity index (χ0v) is 11.2. The van der Waals surface area contributed by atoms with Crippen molar-refractivity contribution in [2.24, 2.45) is 10.2 Å². The molecule has 0 radical (unpaired) electrons. The Labute approximate surface area is 125 Å². The largest absolute Gasteiger partial charge is 0.328 e. The zero-order chi connectivity index (χ0) is 15.4. The van der Waals surface area contributed by atoms with E-state index in [4.69, 9.17) is 0 Å². The van der Waals surface area contributed by atoms with E-state index in [-0.39, 0.29) is 17.6 Å². The van der Waals surface area contributed by atoms with Crippen molar-refractivity contribution >= 4 is 11.9 Å². The van der Waals surface area contributed by atoms with Gasteiger partial charge in [-0.25, -0.2) is 14.5 Å². The lowest BCUT2D eigenvalue weighted by atomic mass is 10.1. The predicted octanol–water partition coefficient (Wildman–Crippen LogP) is 2.89. The van der Waals surface area contributed by atoms with Crippen molar-refractivity contribution in [3.8, 4) is 23.5 Å². The molecular formula is C14H8N8. The number of azo groups is 1. The number of nitriles is 2. The van der Waals surface area contributed by atoms with Crippen LogP contribution in [0.3, 0.4) is 0 Å². The molecule has 0 bridgehead atoms. The van der Waals surface area contributed by atoms with Crippen LogP contribution in [0.1, 0.15) is 5.69 Å². The number of H-pyrrole nitrogens is 1. The Balaban J connectivity index is 2.11. The molecule has 22 heavy (non-hydrogen) atoms. The van der Waals surface area contributed by atoms with Gasteiger partial charge in [-0.05, 0) is 0 Å². The molecule has 2 aromatic heterocycles. The van der Waals surface area contributed by atoms with Gasteiger partial charge in [0.15, 0.2) is 11.9 Å². The molecule has 3 rings (SSSR count). The smallest absolute Gasteiger partial charge is 0.264 e. The Hall–Kier alpha value is -3.78. The lowest BCUT2D eigenvalue weighted by molar-refractivity contribution is 0.990. The molecule has 0 unspecified atom stereocenters. The Kier molecular flexibility index (Phi) is 3.42. The third-order valence-corrected chi connectivity index (χ3v) is 2.83. The molecule has 8 nitrogen and oxygen atoms in total. The van der Waals surface area contributed by atoms with E-state index in [0.717, 1.165) is 10.1 Å². The molecule has 2 heterocycles. The molecule has 0 aliphatic rings. The van der Waals surface area contributed by atoms with Crippen LogP contribution in [0.25, 0.3) is 11.3 Å². The summed E-state index contributed by atoms with van der Waals surface area (Å²) in [5, 5.41) is 26.3. The summed E-state index contributed by atoms with van der Waals surface area (Å²) in [6.45, 7) is 0. The van der Waals surface area contributed by atoms with Crippen LogP contribution in [0.5, 0.6) is 0 Å². The monoisotopic (exact) mass is 288 g/mol. The first-order valence-electron chi connectivity index (χ1n) is 6.23. The summed E-state index contributed by atoms with van der Waals surface area (Å²) in [6.07, 6.45) is 5.01. The van der Waals surface area contributed by atoms with E-state index in [1.165, 1.54) is 6.20 Å². The van der Waals surface area contributed by atoms with Gasteiger partial charge in [-0.1, -0.05) is 30.3 Å². The fourth-order valence-electron chi connectivity index (χ4n) is 1.87. The Morgan fingerprint density at radius 2 is 1.95 bits per heavy atom. The maximum atomic E-state index is 9.30. The molecule has 0 aliphatic heterocycles. The molecular weight excluding hydrogens is 280 g/mol. The minimum Gasteiger partial charge on any atom is -0.328 e. The highest BCUT2D eigenvalue weighted by Gasteiger charge is 2.18. The van der Waals surface area contributed by atoms with Crippen LogP contribution < -0.4 is 0 Å². The second-order valence-corrected chi connectivity index (χ2v) is 4.14. The zero-order valence-electron chi connectivity index (χ0n) is 11.2. The fraction of sp³-hybridized carbons (Fsp3) is 0. The first-order chi connectivity index (χ1) is 10.8. The second-order valence-electron chi connectivity index (χ2n) is 4.14. The van der Waals surface area contributed by atoms with Gasteiger partial charge in [-0.15, -0.1) is 10.2 Å². The number of benzene rings is 1. The van der Waals surface area contributed by atoms with E-state index >= 15 is 0 Å². The molecule has 0 saturated heterocycles. The number of aromatic nitrogens is 4. The van der Waals surface area contributed by atoms with Gasteiger partial charge in [0.05, 0.1) is 0 Å². The minimum absolute atomic E-state index is 0.0225. The Morgan fingerprint density at radius 3 is 2.59 bits per heavy atom. The number of aromatic amines is 1. The lowest BCUT2D eigenvalue weighted by Crippen LogP contribution is -1.92. The second kappa shape index (κ2) is 5.69. The highest BCUT2D eigenvalue weighted by Crippen LogP contribution is 2.27. The number of hydrogen-bond donors (Lipinski definition) is 1. The Morgan fingerprint density at radius 1 is 1.14 bits per heavy atom. The van der Waals surface area contributed by atoms with Gasteiger partial charge in [0.25, 0.3) is 5.95 Å². The molecule has 3 aromatic rings. The topological polar surface area (TPSA) is 119 Å². The van der Waals surface area contributed by atoms with Crippen molar-refractivity contribution in [3.05, 3.63) is 48.4 Å². The molecule has 0 atom stereocenters. The summed E-state index contributed by atoms with van der Waals surface area (Å²) in [5.74, 6) is 0.307. The maximum absolute atomic E-state index is 9.30. The number of nitrogens with zero attached hydrogens (tertiary/aromatic N) is 7. The van der Waals surface area contributed by atoms with Crippen molar-refractivity contribution < 1.29 is 0 Å². The van der Waals surface area contributed by atoms with Gasteiger partial charge in [0, 0.05) is 18.0 Å². The maximum Gasteiger partial charge on any atom is 0.264 e. The van der Waals surface area contributed by atoms with Crippen molar-refractivity contribution in [1.29, 1.82) is 10.5 Å². The molecule has 1 N–H and O–H groups in total. The molecule has 0 amide bonds. The van der Waals surface area contributed by atoms with E-state index in [9.17, 15) is 10.5 Å². The van der Waals surface area contributed by atoms with Crippen molar-refractivity contribution in [3.63, 3.8) is 0 Å². The molecule has 0 aliphatic carbocycles. The summed E-state index contributed by atoms with van der Waals surface area (Å²) in [5.41, 5.74) is 1.22. The third kappa shape index (κ3) is 2.32. The average Bonchev–Trinajstić information content (AvgIpc) is 3.20. The molecule has 0 saturated carbocycles. The number of rotatable bonds is 3. The van der Waals surface area contributed by atoms with Gasteiger partial charge in [0.2, 0.25) is 5.95 Å². The standard InChI is InChI=1S/C14H8N8/c15-8-11-12(10-4-2-1-3-5-10)19-14(22(11)9-16)21-20-13-17-6-7-18-13/h1-7H,(H,17,18). The van der Waals surface area contributed by atoms with E-state index in [1.54, 1.807) is 18.3 Å². The number of imidazole rings is 2. The number of nitrogens with one attached hydrogen (secondary N) is 1. The van der Waals surface area contributed by atoms with Crippen molar-refractivity contribution in [1.82, 2.24) is 19.5 Å². The average molecular weight is 288 g/mol. The van der Waals surface area contributed by atoms with E-state index < -0.39 is 0 Å². The third-order valence-electron chi connectivity index (χ3n) is 2.83. The number of hydrogen-bond acceptors (Lipinski definition) is 6. The molecule has 0 fully saturated rings. The highest BCUT2D eigenvalue weighted by atomic mass is 15.3. The van der Waals surface area contributed by atoms with Gasteiger partial charge in [-0.3, -0.25) is 0 Å². The van der Waals surface area contributed by atoms with E-state index in [0.29, 0.717) is 5.69 Å². The summed E-state index contributed by atoms with van der Waals surface area (Å²) in [7, 11) is 0. The minimum atomic E-state index is 0.0225. The highest BCUT2D eigenvalue weighted by molar-refractivity contribution is 5.67. The van der Waals surface area contributed by atoms with Gasteiger partial charge in [-0.2, -0.15) is 10.5 Å². The predicted molar refractivity (Wildman–Crippen MR) is 76.2 cm³/mol.